The van der Waals surface area contributed by atoms with E-state index in [0.29, 0.717) is 6.42 Å². The van der Waals surface area contributed by atoms with E-state index in [1.54, 1.807) is 6.92 Å². The van der Waals surface area contributed by atoms with Crippen LogP contribution in [0.15, 0.2) is 23.4 Å². The summed E-state index contributed by atoms with van der Waals surface area (Å²) in [5.41, 5.74) is 0.714. The average Bonchev–Trinajstić information content (AvgIpc) is 2.51. The lowest BCUT2D eigenvalue weighted by molar-refractivity contribution is 0.0800. The molecule has 1 aliphatic rings. The quantitative estimate of drug-likeness (QED) is 0.678. The normalized spacial score (nSPS) is 20.5. The molecule has 0 aromatic heterocycles. The van der Waals surface area contributed by atoms with Gasteiger partial charge in [0.2, 0.25) is 0 Å². The lowest BCUT2D eigenvalue weighted by Gasteiger charge is -2.10. The van der Waals surface area contributed by atoms with E-state index in [9.17, 15) is 8.78 Å². The molecule has 1 atom stereocenters. The molecule has 0 unspecified atom stereocenters. The topological polar surface area (TPSA) is 21.6 Å². The fourth-order valence-corrected chi connectivity index (χ4v) is 1.47. The Labute approximate surface area is 80.2 Å². The van der Waals surface area contributed by atoms with Crippen molar-refractivity contribution in [3.05, 3.63) is 35.4 Å². The Balaban J connectivity index is 2.33. The molecule has 4 heteroatoms. The fraction of sp³-hybridized carbons (Fsp3) is 0.300. The van der Waals surface area contributed by atoms with Crippen molar-refractivity contribution in [2.45, 2.75) is 19.4 Å². The second-order valence-electron chi connectivity index (χ2n) is 3.26. The lowest BCUT2D eigenvalue weighted by Crippen LogP contribution is -2.04. The second kappa shape index (κ2) is 3.36. The van der Waals surface area contributed by atoms with Crippen LogP contribution in [0.2, 0.25) is 0 Å². The molecule has 0 saturated heterocycles. The standard InChI is InChI=1S/C10H9F2NO/c1-6-5-9(14-13-6)10-7(11)3-2-4-8(10)12/h2-4,9H,5H2,1H3/t9-/m0/s1. The zero-order chi connectivity index (χ0) is 10.1. The van der Waals surface area contributed by atoms with Crippen LogP contribution in [-0.2, 0) is 4.84 Å². The third-order valence-corrected chi connectivity index (χ3v) is 2.14. The molecule has 1 aromatic carbocycles. The minimum atomic E-state index is -0.615. The minimum absolute atomic E-state index is 0.0342. The summed E-state index contributed by atoms with van der Waals surface area (Å²) in [5, 5.41) is 3.66. The smallest absolute Gasteiger partial charge is 0.163 e. The minimum Gasteiger partial charge on any atom is -0.387 e. The first kappa shape index (κ1) is 9.12. The van der Waals surface area contributed by atoms with Gasteiger partial charge in [-0.3, -0.25) is 0 Å². The lowest BCUT2D eigenvalue weighted by atomic mass is 10.0. The zero-order valence-electron chi connectivity index (χ0n) is 7.63. The Kier molecular flexibility index (Phi) is 2.19. The second-order valence-corrected chi connectivity index (χ2v) is 3.26. The van der Waals surface area contributed by atoms with Crippen LogP contribution in [0.3, 0.4) is 0 Å². The van der Waals surface area contributed by atoms with E-state index in [1.807, 2.05) is 0 Å². The van der Waals surface area contributed by atoms with Crippen LogP contribution in [0.25, 0.3) is 0 Å². The monoisotopic (exact) mass is 197 g/mol. The largest absolute Gasteiger partial charge is 0.387 e. The highest BCUT2D eigenvalue weighted by atomic mass is 19.1. The van der Waals surface area contributed by atoms with Gasteiger partial charge in [0.1, 0.15) is 11.6 Å². The first-order valence-corrected chi connectivity index (χ1v) is 4.31. The maximum atomic E-state index is 13.3. The molecule has 0 fully saturated rings. The van der Waals surface area contributed by atoms with Gasteiger partial charge in [-0.25, -0.2) is 8.78 Å². The summed E-state index contributed by atoms with van der Waals surface area (Å²) >= 11 is 0. The Hall–Kier alpha value is -1.45. The summed E-state index contributed by atoms with van der Waals surface area (Å²) < 4.78 is 26.5. The van der Waals surface area contributed by atoms with Gasteiger partial charge in [0, 0.05) is 6.42 Å². The van der Waals surface area contributed by atoms with Gasteiger partial charge >= 0.3 is 0 Å². The van der Waals surface area contributed by atoms with Crippen LogP contribution in [0.4, 0.5) is 8.78 Å². The predicted molar refractivity (Wildman–Crippen MR) is 47.9 cm³/mol. The van der Waals surface area contributed by atoms with E-state index in [1.165, 1.54) is 18.2 Å². The summed E-state index contributed by atoms with van der Waals surface area (Å²) in [6.45, 7) is 1.76. The average molecular weight is 197 g/mol. The van der Waals surface area contributed by atoms with Gasteiger partial charge in [0.25, 0.3) is 0 Å². The molecule has 0 amide bonds. The van der Waals surface area contributed by atoms with Crippen LogP contribution < -0.4 is 0 Å². The highest BCUT2D eigenvalue weighted by molar-refractivity contribution is 5.83. The summed E-state index contributed by atoms with van der Waals surface area (Å²) in [4.78, 5) is 4.92. The van der Waals surface area contributed by atoms with E-state index in [-0.39, 0.29) is 5.56 Å². The molecule has 0 saturated carbocycles. The molecular formula is C10H9F2NO. The van der Waals surface area contributed by atoms with Crippen molar-refractivity contribution in [2.75, 3.05) is 0 Å². The molecule has 0 spiro atoms. The van der Waals surface area contributed by atoms with Crippen LogP contribution in [0, 0.1) is 11.6 Å². The molecule has 2 rings (SSSR count). The molecule has 1 heterocycles. The van der Waals surface area contributed by atoms with E-state index < -0.39 is 17.7 Å². The number of benzene rings is 1. The molecule has 0 aliphatic carbocycles. The molecule has 2 nitrogen and oxygen atoms in total. The van der Waals surface area contributed by atoms with Gasteiger partial charge < -0.3 is 4.84 Å². The van der Waals surface area contributed by atoms with Crippen molar-refractivity contribution in [3.8, 4) is 0 Å². The zero-order valence-corrected chi connectivity index (χ0v) is 7.63. The first-order valence-electron chi connectivity index (χ1n) is 4.31. The van der Waals surface area contributed by atoms with E-state index in [4.69, 9.17) is 4.84 Å². The maximum Gasteiger partial charge on any atom is 0.163 e. The Morgan fingerprint density at radius 1 is 1.36 bits per heavy atom. The molecule has 0 N–H and O–H groups in total. The van der Waals surface area contributed by atoms with Crippen molar-refractivity contribution in [1.29, 1.82) is 0 Å². The van der Waals surface area contributed by atoms with Crippen LogP contribution in [0.5, 0.6) is 0 Å². The molecular weight excluding hydrogens is 188 g/mol. The SMILES string of the molecule is CC1=NO[C@H](c2c(F)cccc2F)C1. The van der Waals surface area contributed by atoms with Crippen molar-refractivity contribution >= 4 is 5.71 Å². The molecule has 0 radical (unpaired) electrons. The van der Waals surface area contributed by atoms with Crippen molar-refractivity contribution < 1.29 is 13.6 Å². The Morgan fingerprint density at radius 2 is 2.00 bits per heavy atom. The molecule has 0 bridgehead atoms. The summed E-state index contributed by atoms with van der Waals surface area (Å²) in [5.74, 6) is -1.17. The number of hydrogen-bond acceptors (Lipinski definition) is 2. The van der Waals surface area contributed by atoms with Crippen molar-refractivity contribution in [2.24, 2.45) is 5.16 Å². The fourth-order valence-electron chi connectivity index (χ4n) is 1.47. The number of nitrogens with zero attached hydrogens (tertiary/aromatic N) is 1. The molecule has 1 aliphatic heterocycles. The van der Waals surface area contributed by atoms with Crippen LogP contribution in [-0.4, -0.2) is 5.71 Å². The predicted octanol–water partition coefficient (Wildman–Crippen LogP) is 2.80. The summed E-state index contributed by atoms with van der Waals surface area (Å²) in [6.07, 6.45) is -0.172. The molecule has 1 aromatic rings. The van der Waals surface area contributed by atoms with Gasteiger partial charge in [-0.2, -0.15) is 0 Å². The van der Waals surface area contributed by atoms with Gasteiger partial charge in [-0.15, -0.1) is 0 Å². The number of halogens is 2. The van der Waals surface area contributed by atoms with E-state index in [2.05, 4.69) is 5.16 Å². The van der Waals surface area contributed by atoms with Gasteiger partial charge in [0.15, 0.2) is 6.10 Å². The Morgan fingerprint density at radius 3 is 2.50 bits per heavy atom. The highest BCUT2D eigenvalue weighted by Gasteiger charge is 2.26. The number of rotatable bonds is 1. The van der Waals surface area contributed by atoms with Crippen molar-refractivity contribution in [3.63, 3.8) is 0 Å². The maximum absolute atomic E-state index is 13.3. The Bertz CT molecular complexity index is 369. The number of oxime groups is 1. The summed E-state index contributed by atoms with van der Waals surface area (Å²) in [6, 6.07) is 3.77. The number of hydrogen-bond donors (Lipinski definition) is 0. The third kappa shape index (κ3) is 1.47. The van der Waals surface area contributed by atoms with Crippen LogP contribution >= 0.6 is 0 Å². The van der Waals surface area contributed by atoms with Crippen molar-refractivity contribution in [1.82, 2.24) is 0 Å². The third-order valence-electron chi connectivity index (χ3n) is 2.14. The van der Waals surface area contributed by atoms with Crippen LogP contribution in [0.1, 0.15) is 25.0 Å². The summed E-state index contributed by atoms with van der Waals surface area (Å²) in [7, 11) is 0. The van der Waals surface area contributed by atoms with Gasteiger partial charge in [-0.1, -0.05) is 11.2 Å². The molecule has 74 valence electrons. The highest BCUT2D eigenvalue weighted by Crippen LogP contribution is 2.30. The van der Waals surface area contributed by atoms with E-state index in [0.717, 1.165) is 5.71 Å². The molecule has 14 heavy (non-hydrogen) atoms. The first-order chi connectivity index (χ1) is 6.68. The van der Waals surface area contributed by atoms with Gasteiger partial charge in [0.05, 0.1) is 11.3 Å². The van der Waals surface area contributed by atoms with Gasteiger partial charge in [-0.05, 0) is 19.1 Å². The van der Waals surface area contributed by atoms with E-state index >= 15 is 0 Å².